The summed E-state index contributed by atoms with van der Waals surface area (Å²) in [7, 11) is 0. The van der Waals surface area contributed by atoms with E-state index < -0.39 is 12.0 Å². The number of likely N-dealkylation sites (tertiary alicyclic amines) is 1. The average molecular weight is 495 g/mol. The summed E-state index contributed by atoms with van der Waals surface area (Å²) in [6, 6.07) is 5.94. The molecular weight excluding hydrogens is 467 g/mol. The molecule has 7 nitrogen and oxygen atoms in total. The number of aliphatic carboxylic acids is 1. The van der Waals surface area contributed by atoms with E-state index >= 15 is 0 Å². The number of nitrogens with zero attached hydrogens (tertiary/aromatic N) is 4. The van der Waals surface area contributed by atoms with Gasteiger partial charge in [0, 0.05) is 42.8 Å². The molecule has 1 aromatic heterocycles. The van der Waals surface area contributed by atoms with Gasteiger partial charge in [-0.1, -0.05) is 23.4 Å². The maximum atomic E-state index is 14.6. The molecule has 1 aliphatic carbocycles. The van der Waals surface area contributed by atoms with Crippen LogP contribution in [0.15, 0.2) is 36.0 Å². The number of carboxylic acid groups (broad SMARTS) is 1. The van der Waals surface area contributed by atoms with E-state index in [0.717, 1.165) is 24.8 Å². The van der Waals surface area contributed by atoms with E-state index in [0.29, 0.717) is 37.3 Å². The molecular formula is C23H28ClFN4O3S. The number of Topliss-reactive ketones (excluding diaryl/α,β-unsaturated/α-hetero) is 1. The van der Waals surface area contributed by atoms with Crippen LogP contribution in [-0.2, 0) is 16.1 Å². The first-order valence-corrected chi connectivity index (χ1v) is 11.5. The molecule has 2 aliphatic rings. The quantitative estimate of drug-likeness (QED) is 0.515. The van der Waals surface area contributed by atoms with Gasteiger partial charge in [0.1, 0.15) is 11.5 Å². The van der Waals surface area contributed by atoms with Crippen LogP contribution in [0.2, 0.25) is 0 Å². The largest absolute Gasteiger partial charge is 0.481 e. The first-order valence-electron chi connectivity index (χ1n) is 10.9. The number of hydrogen-bond donors (Lipinski definition) is 2. The lowest BCUT2D eigenvalue weighted by atomic mass is 9.93. The number of rotatable bonds is 9. The maximum absolute atomic E-state index is 14.6. The number of carbonyl (C=O) groups excluding carboxylic acids is 1. The molecule has 1 aromatic carbocycles. The van der Waals surface area contributed by atoms with Gasteiger partial charge >= 0.3 is 5.97 Å². The lowest BCUT2D eigenvalue weighted by Crippen LogP contribution is -2.42. The number of thiol groups is 1. The predicted molar refractivity (Wildman–Crippen MR) is 128 cm³/mol. The number of piperidine rings is 1. The van der Waals surface area contributed by atoms with Crippen molar-refractivity contribution in [1.29, 1.82) is 0 Å². The third-order valence-electron chi connectivity index (χ3n) is 5.99. The van der Waals surface area contributed by atoms with Crippen molar-refractivity contribution in [1.82, 2.24) is 19.9 Å². The zero-order valence-electron chi connectivity index (χ0n) is 18.1. The van der Waals surface area contributed by atoms with E-state index in [1.165, 1.54) is 6.07 Å². The lowest BCUT2D eigenvalue weighted by molar-refractivity contribution is -0.137. The van der Waals surface area contributed by atoms with Gasteiger partial charge in [-0.2, -0.15) is 12.6 Å². The van der Waals surface area contributed by atoms with Crippen LogP contribution in [0.5, 0.6) is 0 Å². The number of carbonyl (C=O) groups is 2. The summed E-state index contributed by atoms with van der Waals surface area (Å²) in [5.74, 6) is -1.07. The number of halogens is 2. The molecule has 1 N–H and O–H groups in total. The highest BCUT2D eigenvalue weighted by molar-refractivity contribution is 7.81. The summed E-state index contributed by atoms with van der Waals surface area (Å²) in [5, 5.41) is 17.0. The molecule has 1 aliphatic heterocycles. The zero-order chi connectivity index (χ0) is 22.7. The Morgan fingerprint density at radius 3 is 2.73 bits per heavy atom. The topological polar surface area (TPSA) is 88.3 Å². The molecule has 2 atom stereocenters. The number of carboxylic acids is 1. The number of benzene rings is 1. The van der Waals surface area contributed by atoms with E-state index in [-0.39, 0.29) is 41.6 Å². The van der Waals surface area contributed by atoms with Gasteiger partial charge in [0.05, 0.1) is 12.2 Å². The van der Waals surface area contributed by atoms with Gasteiger partial charge in [-0.05, 0) is 43.4 Å². The summed E-state index contributed by atoms with van der Waals surface area (Å²) in [5.41, 5.74) is 2.10. The second-order valence-electron chi connectivity index (χ2n) is 8.50. The first kappa shape index (κ1) is 25.4. The highest BCUT2D eigenvalue weighted by Crippen LogP contribution is 2.39. The molecule has 0 amide bonds. The number of aromatic nitrogens is 3. The van der Waals surface area contributed by atoms with Crippen molar-refractivity contribution in [3.05, 3.63) is 53.1 Å². The molecule has 1 saturated carbocycles. The second-order valence-corrected chi connectivity index (χ2v) is 9.12. The summed E-state index contributed by atoms with van der Waals surface area (Å²) >= 11 is 4.72. The van der Waals surface area contributed by atoms with Gasteiger partial charge in [-0.3, -0.25) is 19.2 Å². The van der Waals surface area contributed by atoms with Crippen molar-refractivity contribution in [2.24, 2.45) is 5.92 Å². The van der Waals surface area contributed by atoms with Gasteiger partial charge in [0.25, 0.3) is 0 Å². The van der Waals surface area contributed by atoms with Crippen LogP contribution in [0, 0.1) is 11.7 Å². The van der Waals surface area contributed by atoms with Gasteiger partial charge < -0.3 is 5.11 Å². The normalized spacial score (nSPS) is 20.9. The molecule has 2 fully saturated rings. The third-order valence-corrected chi connectivity index (χ3v) is 6.57. The van der Waals surface area contributed by atoms with Crippen LogP contribution < -0.4 is 0 Å². The minimum Gasteiger partial charge on any atom is -0.481 e. The predicted octanol–water partition coefficient (Wildman–Crippen LogP) is 3.81. The number of hydrogen-bond acceptors (Lipinski definition) is 6. The van der Waals surface area contributed by atoms with Crippen LogP contribution in [0.3, 0.4) is 0 Å². The Labute approximate surface area is 203 Å². The standard InChI is InChI=1S/C23H27FN4O3S.ClH/c24-19-5-2-1-4-18(19)22(23(31)15-7-8-15)27-11-9-20(32)16(13-27)12-17-14-28(26-25-17)10-3-6-21(29)30;/h1-2,4-5,12,14-15,20,22,32H,3,6-11,13H2,(H,29,30);1H. The minimum atomic E-state index is -0.835. The minimum absolute atomic E-state index is 0. The molecule has 2 aromatic rings. The zero-order valence-corrected chi connectivity index (χ0v) is 19.8. The molecule has 4 rings (SSSR count). The molecule has 2 heterocycles. The Morgan fingerprint density at radius 2 is 2.03 bits per heavy atom. The SMILES string of the molecule is Cl.O=C(O)CCCn1cc(C=C2CN(C(C(=O)C3CC3)c3ccccc3F)CCC2S)nn1. The van der Waals surface area contributed by atoms with E-state index in [1.54, 1.807) is 29.1 Å². The molecule has 33 heavy (non-hydrogen) atoms. The third kappa shape index (κ3) is 6.43. The average Bonchev–Trinajstić information content (AvgIpc) is 3.52. The van der Waals surface area contributed by atoms with Gasteiger partial charge in [-0.25, -0.2) is 4.39 Å². The van der Waals surface area contributed by atoms with Gasteiger partial charge in [0.2, 0.25) is 0 Å². The molecule has 0 spiro atoms. The fraction of sp³-hybridized carbons (Fsp3) is 0.478. The molecule has 0 radical (unpaired) electrons. The Hall–Kier alpha value is -2.23. The Morgan fingerprint density at radius 1 is 1.27 bits per heavy atom. The van der Waals surface area contributed by atoms with Crippen molar-refractivity contribution in [2.75, 3.05) is 13.1 Å². The maximum Gasteiger partial charge on any atom is 0.303 e. The van der Waals surface area contributed by atoms with Crippen LogP contribution in [0.1, 0.15) is 49.4 Å². The van der Waals surface area contributed by atoms with Crippen LogP contribution >= 0.6 is 25.0 Å². The fourth-order valence-electron chi connectivity index (χ4n) is 4.14. The van der Waals surface area contributed by atoms with Crippen molar-refractivity contribution in [3.63, 3.8) is 0 Å². The van der Waals surface area contributed by atoms with E-state index in [2.05, 4.69) is 15.2 Å². The first-order chi connectivity index (χ1) is 15.4. The van der Waals surface area contributed by atoms with Crippen molar-refractivity contribution < 1.29 is 19.1 Å². The smallest absolute Gasteiger partial charge is 0.303 e. The molecule has 178 valence electrons. The summed E-state index contributed by atoms with van der Waals surface area (Å²) in [6.07, 6.45) is 6.75. The van der Waals surface area contributed by atoms with Crippen LogP contribution in [-0.4, -0.2) is 55.1 Å². The van der Waals surface area contributed by atoms with Crippen LogP contribution in [0.25, 0.3) is 6.08 Å². The van der Waals surface area contributed by atoms with E-state index in [9.17, 15) is 14.0 Å². The van der Waals surface area contributed by atoms with E-state index in [4.69, 9.17) is 17.7 Å². The molecule has 10 heteroatoms. The summed E-state index contributed by atoms with van der Waals surface area (Å²) in [6.45, 7) is 1.63. The number of ketones is 1. The second kappa shape index (κ2) is 11.3. The van der Waals surface area contributed by atoms with Gasteiger partial charge in [-0.15, -0.1) is 17.5 Å². The Balaban J connectivity index is 0.00000306. The molecule has 1 saturated heterocycles. The molecule has 0 bridgehead atoms. The van der Waals surface area contributed by atoms with E-state index in [1.807, 2.05) is 6.08 Å². The summed E-state index contributed by atoms with van der Waals surface area (Å²) in [4.78, 5) is 25.9. The summed E-state index contributed by atoms with van der Waals surface area (Å²) < 4.78 is 16.3. The molecule has 2 unspecified atom stereocenters. The highest BCUT2D eigenvalue weighted by Gasteiger charge is 2.40. The Bertz CT molecular complexity index is 1030. The monoisotopic (exact) mass is 494 g/mol. The lowest BCUT2D eigenvalue weighted by Gasteiger charge is -2.37. The fourth-order valence-corrected chi connectivity index (χ4v) is 4.42. The Kier molecular flexibility index (Phi) is 8.67. The highest BCUT2D eigenvalue weighted by atomic mass is 35.5. The van der Waals surface area contributed by atoms with Gasteiger partial charge in [0.15, 0.2) is 5.78 Å². The van der Waals surface area contributed by atoms with Crippen LogP contribution in [0.4, 0.5) is 4.39 Å². The van der Waals surface area contributed by atoms with Crippen molar-refractivity contribution in [2.45, 2.75) is 49.9 Å². The van der Waals surface area contributed by atoms with Crippen molar-refractivity contribution in [3.8, 4) is 0 Å². The number of aryl methyl sites for hydroxylation is 1. The van der Waals surface area contributed by atoms with Crippen molar-refractivity contribution >= 4 is 42.9 Å².